The summed E-state index contributed by atoms with van der Waals surface area (Å²) >= 11 is 5.32. The van der Waals surface area contributed by atoms with Gasteiger partial charge in [0.15, 0.2) is 5.75 Å². The fraction of sp³-hybridized carbons (Fsp3) is 0.222. The van der Waals surface area contributed by atoms with Gasteiger partial charge >= 0.3 is 6.09 Å². The molecule has 1 heterocycles. The Labute approximate surface area is 96.7 Å². The lowest BCUT2D eigenvalue weighted by Crippen LogP contribution is -2.18. The van der Waals surface area contributed by atoms with Crippen LogP contribution in [0.25, 0.3) is 0 Å². The van der Waals surface area contributed by atoms with Crippen LogP contribution in [0.4, 0.5) is 10.5 Å². The minimum atomic E-state index is -0.939. The maximum absolute atomic E-state index is 11.0. The monoisotopic (exact) mass is 243 g/mol. The van der Waals surface area contributed by atoms with Crippen molar-refractivity contribution in [2.45, 2.75) is 6.92 Å². The highest BCUT2D eigenvalue weighted by Gasteiger charge is 2.07. The molecule has 7 heteroatoms. The van der Waals surface area contributed by atoms with Crippen LogP contribution in [0.15, 0.2) is 12.3 Å². The minimum Gasteiger partial charge on any atom is -0.408 e. The lowest BCUT2D eigenvalue weighted by molar-refractivity contribution is -0.113. The first-order chi connectivity index (χ1) is 7.52. The molecule has 6 nitrogen and oxygen atoms in total. The first-order valence-corrected chi connectivity index (χ1v) is 4.86. The van der Waals surface area contributed by atoms with Gasteiger partial charge in [-0.2, -0.15) is 0 Å². The SMILES string of the molecule is Cc1ncc(NC(=O)CCl)cc1OC(N)=O. The van der Waals surface area contributed by atoms with Gasteiger partial charge in [-0.05, 0) is 6.92 Å². The van der Waals surface area contributed by atoms with Gasteiger partial charge in [-0.1, -0.05) is 0 Å². The number of anilines is 1. The largest absolute Gasteiger partial charge is 0.410 e. The molecule has 1 aromatic heterocycles. The van der Waals surface area contributed by atoms with E-state index in [-0.39, 0.29) is 17.5 Å². The number of hydrogen-bond acceptors (Lipinski definition) is 4. The summed E-state index contributed by atoms with van der Waals surface area (Å²) in [5.41, 5.74) is 5.74. The van der Waals surface area contributed by atoms with Crippen molar-refractivity contribution in [3.8, 4) is 5.75 Å². The highest BCUT2D eigenvalue weighted by Crippen LogP contribution is 2.20. The number of nitrogens with two attached hydrogens (primary N) is 1. The molecule has 0 atom stereocenters. The van der Waals surface area contributed by atoms with Crippen LogP contribution in [-0.2, 0) is 4.79 Å². The van der Waals surface area contributed by atoms with Crippen LogP contribution in [0, 0.1) is 6.92 Å². The fourth-order valence-electron chi connectivity index (χ4n) is 0.987. The van der Waals surface area contributed by atoms with E-state index in [0.29, 0.717) is 11.4 Å². The number of amides is 2. The van der Waals surface area contributed by atoms with Gasteiger partial charge < -0.3 is 15.8 Å². The summed E-state index contributed by atoms with van der Waals surface area (Å²) in [4.78, 5) is 25.5. The normalized spacial score (nSPS) is 9.62. The van der Waals surface area contributed by atoms with Gasteiger partial charge in [-0.15, -0.1) is 11.6 Å². The number of primary amides is 1. The van der Waals surface area contributed by atoms with Gasteiger partial charge in [0.2, 0.25) is 5.91 Å². The molecule has 0 aromatic carbocycles. The lowest BCUT2D eigenvalue weighted by atomic mass is 10.3. The second-order valence-corrected chi connectivity index (χ2v) is 3.18. The van der Waals surface area contributed by atoms with E-state index in [4.69, 9.17) is 22.1 Å². The van der Waals surface area contributed by atoms with Gasteiger partial charge in [-0.3, -0.25) is 9.78 Å². The number of rotatable bonds is 3. The number of ether oxygens (including phenoxy) is 1. The van der Waals surface area contributed by atoms with Crippen molar-refractivity contribution >= 4 is 29.3 Å². The zero-order chi connectivity index (χ0) is 12.1. The molecule has 0 bridgehead atoms. The van der Waals surface area contributed by atoms with Crippen LogP contribution in [-0.4, -0.2) is 22.9 Å². The van der Waals surface area contributed by atoms with Gasteiger partial charge in [0, 0.05) is 6.07 Å². The van der Waals surface area contributed by atoms with E-state index < -0.39 is 6.09 Å². The van der Waals surface area contributed by atoms with Crippen molar-refractivity contribution in [1.82, 2.24) is 4.98 Å². The number of pyridine rings is 1. The van der Waals surface area contributed by atoms with E-state index >= 15 is 0 Å². The van der Waals surface area contributed by atoms with Crippen molar-refractivity contribution in [1.29, 1.82) is 0 Å². The molecule has 3 N–H and O–H groups in total. The summed E-state index contributed by atoms with van der Waals surface area (Å²) in [6.45, 7) is 1.64. The second-order valence-electron chi connectivity index (χ2n) is 2.91. The molecule has 86 valence electrons. The number of nitrogens with zero attached hydrogens (tertiary/aromatic N) is 1. The van der Waals surface area contributed by atoms with Gasteiger partial charge in [0.1, 0.15) is 5.88 Å². The fourth-order valence-corrected chi connectivity index (χ4v) is 1.05. The summed E-state index contributed by atoms with van der Waals surface area (Å²) in [5.74, 6) is -0.350. The standard InChI is InChI=1S/C9H10ClN3O3/c1-5-7(16-9(11)15)2-6(4-12-5)13-8(14)3-10/h2,4H,3H2,1H3,(H2,11,15)(H,13,14). The van der Waals surface area contributed by atoms with E-state index in [1.54, 1.807) is 6.92 Å². The van der Waals surface area contributed by atoms with Crippen molar-refractivity contribution in [2.24, 2.45) is 5.73 Å². The number of hydrogen-bond donors (Lipinski definition) is 2. The van der Waals surface area contributed by atoms with Crippen LogP contribution >= 0.6 is 11.6 Å². The highest BCUT2D eigenvalue weighted by atomic mass is 35.5. The molecule has 0 spiro atoms. The summed E-state index contributed by atoms with van der Waals surface area (Å²) in [7, 11) is 0. The van der Waals surface area contributed by atoms with Crippen LogP contribution in [0.2, 0.25) is 0 Å². The Kier molecular flexibility index (Phi) is 4.07. The molecule has 0 radical (unpaired) electrons. The zero-order valence-corrected chi connectivity index (χ0v) is 9.25. The maximum Gasteiger partial charge on any atom is 0.410 e. The molecule has 0 saturated carbocycles. The first-order valence-electron chi connectivity index (χ1n) is 4.32. The van der Waals surface area contributed by atoms with Crippen LogP contribution in [0.5, 0.6) is 5.75 Å². The third-order valence-corrected chi connectivity index (χ3v) is 1.90. The molecule has 0 aliphatic rings. The van der Waals surface area contributed by atoms with E-state index in [1.165, 1.54) is 12.3 Å². The molecule has 16 heavy (non-hydrogen) atoms. The third-order valence-electron chi connectivity index (χ3n) is 1.66. The number of halogens is 1. The van der Waals surface area contributed by atoms with Crippen molar-refractivity contribution in [3.05, 3.63) is 18.0 Å². The number of carbonyl (C=O) groups is 2. The van der Waals surface area contributed by atoms with E-state index in [1.807, 2.05) is 0 Å². The lowest BCUT2D eigenvalue weighted by Gasteiger charge is -2.07. The van der Waals surface area contributed by atoms with Gasteiger partial charge in [0.25, 0.3) is 0 Å². The Bertz CT molecular complexity index is 422. The molecule has 2 amide bonds. The second kappa shape index (κ2) is 5.32. The van der Waals surface area contributed by atoms with E-state index in [9.17, 15) is 9.59 Å². The van der Waals surface area contributed by atoms with Crippen LogP contribution < -0.4 is 15.8 Å². The number of alkyl halides is 1. The van der Waals surface area contributed by atoms with Crippen molar-refractivity contribution < 1.29 is 14.3 Å². The van der Waals surface area contributed by atoms with Crippen molar-refractivity contribution in [3.63, 3.8) is 0 Å². The summed E-state index contributed by atoms with van der Waals surface area (Å²) in [6, 6.07) is 1.44. The molecular weight excluding hydrogens is 234 g/mol. The zero-order valence-electron chi connectivity index (χ0n) is 8.49. The topological polar surface area (TPSA) is 94.3 Å². The maximum atomic E-state index is 11.0. The van der Waals surface area contributed by atoms with Crippen LogP contribution in [0.1, 0.15) is 5.69 Å². The smallest absolute Gasteiger partial charge is 0.408 e. The molecule has 1 rings (SSSR count). The Hall–Kier alpha value is -1.82. The minimum absolute atomic E-state index is 0.167. The summed E-state index contributed by atoms with van der Waals surface area (Å²) in [6.07, 6.45) is 0.485. The summed E-state index contributed by atoms with van der Waals surface area (Å²) in [5, 5.41) is 2.47. The number of aryl methyl sites for hydroxylation is 1. The Balaban J connectivity index is 2.88. The predicted molar refractivity (Wildman–Crippen MR) is 58.5 cm³/mol. The quantitative estimate of drug-likeness (QED) is 0.775. The Morgan fingerprint density at radius 2 is 2.31 bits per heavy atom. The third kappa shape index (κ3) is 3.39. The molecule has 1 aromatic rings. The Morgan fingerprint density at radius 3 is 2.88 bits per heavy atom. The number of carbonyl (C=O) groups excluding carboxylic acids is 2. The average Bonchev–Trinajstić information content (AvgIpc) is 2.22. The first kappa shape index (κ1) is 12.3. The number of aromatic nitrogens is 1. The van der Waals surface area contributed by atoms with Gasteiger partial charge in [0.05, 0.1) is 17.6 Å². The van der Waals surface area contributed by atoms with Crippen LogP contribution in [0.3, 0.4) is 0 Å². The molecule has 0 aliphatic heterocycles. The molecule has 0 unspecified atom stereocenters. The predicted octanol–water partition coefficient (Wildman–Crippen LogP) is 1.02. The average molecular weight is 244 g/mol. The molecular formula is C9H10ClN3O3. The molecule has 0 aliphatic carbocycles. The van der Waals surface area contributed by atoms with E-state index in [0.717, 1.165) is 0 Å². The van der Waals surface area contributed by atoms with Crippen molar-refractivity contribution in [2.75, 3.05) is 11.2 Å². The molecule has 0 saturated heterocycles. The van der Waals surface area contributed by atoms with E-state index in [2.05, 4.69) is 10.3 Å². The Morgan fingerprint density at radius 1 is 1.62 bits per heavy atom. The summed E-state index contributed by atoms with van der Waals surface area (Å²) < 4.78 is 4.69. The molecule has 0 fully saturated rings. The highest BCUT2D eigenvalue weighted by molar-refractivity contribution is 6.29. The van der Waals surface area contributed by atoms with Gasteiger partial charge in [-0.25, -0.2) is 4.79 Å². The number of nitrogens with one attached hydrogen (secondary N) is 1.